The van der Waals surface area contributed by atoms with Gasteiger partial charge in [-0.1, -0.05) is 18.2 Å². The fraction of sp³-hybridized carbons (Fsp3) is 0.400. The zero-order chi connectivity index (χ0) is 20.3. The van der Waals surface area contributed by atoms with E-state index in [1.54, 1.807) is 29.2 Å². The van der Waals surface area contributed by atoms with Crippen LogP contribution in [0.1, 0.15) is 36.7 Å². The van der Waals surface area contributed by atoms with Gasteiger partial charge in [0.2, 0.25) is 5.91 Å². The van der Waals surface area contributed by atoms with Gasteiger partial charge in [-0.2, -0.15) is 0 Å². The van der Waals surface area contributed by atoms with E-state index in [0.717, 1.165) is 0 Å². The number of H-pyrrole nitrogens is 1. The number of amides is 2. The van der Waals surface area contributed by atoms with Crippen molar-refractivity contribution in [3.05, 3.63) is 46.4 Å². The maximum absolute atomic E-state index is 12.9. The Balaban J connectivity index is 1.76. The topological polar surface area (TPSA) is 111 Å². The van der Waals surface area contributed by atoms with Gasteiger partial charge < -0.3 is 19.9 Å². The highest BCUT2D eigenvalue weighted by molar-refractivity contribution is 5.96. The number of rotatable bonds is 4. The highest BCUT2D eigenvalue weighted by Gasteiger charge is 2.28. The van der Waals surface area contributed by atoms with E-state index in [4.69, 9.17) is 5.11 Å². The molecule has 2 N–H and O–H groups in total. The quantitative estimate of drug-likeness (QED) is 0.828. The summed E-state index contributed by atoms with van der Waals surface area (Å²) < 4.78 is 0. The number of aliphatic carboxylic acids is 1. The summed E-state index contributed by atoms with van der Waals surface area (Å²) in [7, 11) is 0. The fourth-order valence-electron chi connectivity index (χ4n) is 3.73. The van der Waals surface area contributed by atoms with Gasteiger partial charge in [-0.25, -0.2) is 0 Å². The summed E-state index contributed by atoms with van der Waals surface area (Å²) in [5.41, 5.74) is -0.0746. The third-order valence-electron chi connectivity index (χ3n) is 5.12. The van der Waals surface area contributed by atoms with E-state index >= 15 is 0 Å². The minimum atomic E-state index is -1.05. The standard InChI is InChI=1S/C20H23N3O5/c1-13(24)23(12-18(25)26)15-6-4-9-22(10-8-15)20(28)17-11-14-5-2-3-7-16(14)19(27)21-17/h2-3,5,7,11,15H,4,6,8-10,12H2,1H3,(H,21,27)(H,25,26). The first-order valence-corrected chi connectivity index (χ1v) is 9.27. The Morgan fingerprint density at radius 3 is 2.68 bits per heavy atom. The normalized spacial score (nSPS) is 17.2. The zero-order valence-corrected chi connectivity index (χ0v) is 15.7. The lowest BCUT2D eigenvalue weighted by molar-refractivity contribution is -0.145. The molecule has 2 aromatic rings. The number of benzene rings is 1. The first-order valence-electron chi connectivity index (χ1n) is 9.27. The summed E-state index contributed by atoms with van der Waals surface area (Å²) in [6, 6.07) is 8.53. The van der Waals surface area contributed by atoms with Crippen molar-refractivity contribution in [2.45, 2.75) is 32.2 Å². The zero-order valence-electron chi connectivity index (χ0n) is 15.7. The SMILES string of the molecule is CC(=O)N(CC(=O)O)C1CCCN(C(=O)c2cc3ccccc3c(=O)[nH]2)CC1. The van der Waals surface area contributed by atoms with Gasteiger partial charge in [-0.15, -0.1) is 0 Å². The smallest absolute Gasteiger partial charge is 0.323 e. The molecular weight excluding hydrogens is 362 g/mol. The monoisotopic (exact) mass is 385 g/mol. The number of carbonyl (C=O) groups excluding carboxylic acids is 2. The Labute approximate surface area is 161 Å². The third-order valence-corrected chi connectivity index (χ3v) is 5.12. The molecule has 1 fully saturated rings. The predicted octanol–water partition coefficient (Wildman–Crippen LogP) is 1.46. The minimum Gasteiger partial charge on any atom is -0.480 e. The summed E-state index contributed by atoms with van der Waals surface area (Å²) in [4.78, 5) is 53.7. The Morgan fingerprint density at radius 1 is 1.21 bits per heavy atom. The Morgan fingerprint density at radius 2 is 1.96 bits per heavy atom. The maximum atomic E-state index is 12.9. The second-order valence-corrected chi connectivity index (χ2v) is 7.02. The molecule has 148 valence electrons. The molecular formula is C20H23N3O5. The van der Waals surface area contributed by atoms with Crippen LogP contribution in [0.5, 0.6) is 0 Å². The highest BCUT2D eigenvalue weighted by atomic mass is 16.4. The second-order valence-electron chi connectivity index (χ2n) is 7.02. The number of fused-ring (bicyclic) bond motifs is 1. The lowest BCUT2D eigenvalue weighted by atomic mass is 10.1. The van der Waals surface area contributed by atoms with Crippen LogP contribution in [0.3, 0.4) is 0 Å². The van der Waals surface area contributed by atoms with Crippen LogP contribution in [0, 0.1) is 0 Å². The van der Waals surface area contributed by atoms with E-state index in [2.05, 4.69) is 4.98 Å². The van der Waals surface area contributed by atoms with Gasteiger partial charge in [0.05, 0.1) is 0 Å². The molecule has 0 saturated carbocycles. The Bertz CT molecular complexity index is 968. The van der Waals surface area contributed by atoms with Crippen LogP contribution < -0.4 is 5.56 Å². The van der Waals surface area contributed by atoms with Gasteiger partial charge in [-0.3, -0.25) is 19.2 Å². The van der Waals surface area contributed by atoms with Crippen molar-refractivity contribution in [2.75, 3.05) is 19.6 Å². The molecule has 0 spiro atoms. The fourth-order valence-corrected chi connectivity index (χ4v) is 3.73. The van der Waals surface area contributed by atoms with Crippen molar-refractivity contribution in [3.63, 3.8) is 0 Å². The number of aromatic nitrogens is 1. The van der Waals surface area contributed by atoms with Crippen LogP contribution in [0.15, 0.2) is 35.1 Å². The molecule has 1 aliphatic heterocycles. The number of likely N-dealkylation sites (tertiary alicyclic amines) is 1. The van der Waals surface area contributed by atoms with E-state index < -0.39 is 5.97 Å². The van der Waals surface area contributed by atoms with Gasteiger partial charge in [-0.05, 0) is 36.8 Å². The summed E-state index contributed by atoms with van der Waals surface area (Å²) >= 11 is 0. The van der Waals surface area contributed by atoms with Gasteiger partial charge in [0, 0.05) is 31.4 Å². The van der Waals surface area contributed by atoms with Gasteiger partial charge in [0.25, 0.3) is 11.5 Å². The predicted molar refractivity (Wildman–Crippen MR) is 103 cm³/mol. The maximum Gasteiger partial charge on any atom is 0.323 e. The molecule has 1 aromatic carbocycles. The molecule has 8 nitrogen and oxygen atoms in total. The summed E-state index contributed by atoms with van der Waals surface area (Å²) in [5, 5.41) is 10.3. The average Bonchev–Trinajstić information content (AvgIpc) is 2.91. The molecule has 0 bridgehead atoms. The Kier molecular flexibility index (Phi) is 5.77. The highest BCUT2D eigenvalue weighted by Crippen LogP contribution is 2.19. The molecule has 28 heavy (non-hydrogen) atoms. The number of aromatic amines is 1. The van der Waals surface area contributed by atoms with Gasteiger partial charge in [0.1, 0.15) is 12.2 Å². The molecule has 1 saturated heterocycles. The largest absolute Gasteiger partial charge is 0.480 e. The molecule has 2 amide bonds. The number of hydrogen-bond acceptors (Lipinski definition) is 4. The minimum absolute atomic E-state index is 0.220. The molecule has 1 aliphatic rings. The third kappa shape index (κ3) is 4.21. The lowest BCUT2D eigenvalue weighted by Gasteiger charge is -2.28. The van der Waals surface area contributed by atoms with E-state index in [0.29, 0.717) is 43.1 Å². The van der Waals surface area contributed by atoms with Crippen LogP contribution >= 0.6 is 0 Å². The number of carbonyl (C=O) groups is 3. The molecule has 1 aromatic heterocycles. The molecule has 2 heterocycles. The summed E-state index contributed by atoms with van der Waals surface area (Å²) in [6.07, 6.45) is 1.78. The molecule has 1 atom stereocenters. The van der Waals surface area contributed by atoms with Crippen LogP contribution in [-0.2, 0) is 9.59 Å². The molecule has 8 heteroatoms. The Hall–Kier alpha value is -3.16. The van der Waals surface area contributed by atoms with Crippen LogP contribution in [-0.4, -0.2) is 63.4 Å². The van der Waals surface area contributed by atoms with Crippen molar-refractivity contribution in [3.8, 4) is 0 Å². The number of carboxylic acids is 1. The van der Waals surface area contributed by atoms with E-state index in [-0.39, 0.29) is 35.7 Å². The van der Waals surface area contributed by atoms with E-state index in [9.17, 15) is 19.2 Å². The lowest BCUT2D eigenvalue weighted by Crippen LogP contribution is -2.43. The number of pyridine rings is 1. The van der Waals surface area contributed by atoms with E-state index in [1.807, 2.05) is 6.07 Å². The number of nitrogens with zero attached hydrogens (tertiary/aromatic N) is 2. The number of hydrogen-bond donors (Lipinski definition) is 2. The van der Waals surface area contributed by atoms with Crippen molar-refractivity contribution in [1.29, 1.82) is 0 Å². The second kappa shape index (κ2) is 8.24. The summed E-state index contributed by atoms with van der Waals surface area (Å²) in [6.45, 7) is 1.90. The summed E-state index contributed by atoms with van der Waals surface area (Å²) in [5.74, 6) is -1.61. The molecule has 1 unspecified atom stereocenters. The average molecular weight is 385 g/mol. The first-order chi connectivity index (χ1) is 13.4. The van der Waals surface area contributed by atoms with Crippen LogP contribution in [0.4, 0.5) is 0 Å². The molecule has 0 aliphatic carbocycles. The van der Waals surface area contributed by atoms with Crippen LogP contribution in [0.25, 0.3) is 10.8 Å². The number of nitrogens with one attached hydrogen (secondary N) is 1. The first kappa shape index (κ1) is 19.6. The van der Waals surface area contributed by atoms with Gasteiger partial charge >= 0.3 is 5.97 Å². The number of carboxylic acid groups (broad SMARTS) is 1. The van der Waals surface area contributed by atoms with Crippen molar-refractivity contribution >= 4 is 28.6 Å². The van der Waals surface area contributed by atoms with Crippen LogP contribution in [0.2, 0.25) is 0 Å². The molecule has 3 rings (SSSR count). The van der Waals surface area contributed by atoms with Crippen molar-refractivity contribution < 1.29 is 19.5 Å². The van der Waals surface area contributed by atoms with Crippen molar-refractivity contribution in [1.82, 2.24) is 14.8 Å². The van der Waals surface area contributed by atoms with Crippen molar-refractivity contribution in [2.24, 2.45) is 0 Å². The van der Waals surface area contributed by atoms with E-state index in [1.165, 1.54) is 11.8 Å². The molecule has 0 radical (unpaired) electrons. The van der Waals surface area contributed by atoms with Gasteiger partial charge in [0.15, 0.2) is 0 Å².